The van der Waals surface area contributed by atoms with Gasteiger partial charge in [0.05, 0.1) is 16.6 Å². The van der Waals surface area contributed by atoms with Gasteiger partial charge in [-0.1, -0.05) is 35.9 Å². The molecule has 3 saturated heterocycles. The number of nitrogens with one attached hydrogen (secondary N) is 2. The highest BCUT2D eigenvalue weighted by Gasteiger charge is 2.36. The topological polar surface area (TPSA) is 111 Å². The Morgan fingerprint density at radius 1 is 0.956 bits per heavy atom. The predicted molar refractivity (Wildman–Crippen MR) is 178 cm³/mol. The molecule has 2 aromatic carbocycles. The molecule has 0 unspecified atom stereocenters. The van der Waals surface area contributed by atoms with Crippen LogP contribution in [0.3, 0.4) is 0 Å². The number of carbonyl (C=O) groups is 3. The van der Waals surface area contributed by atoms with Crippen LogP contribution in [0.4, 0.5) is 16.2 Å². The van der Waals surface area contributed by atoms with Crippen molar-refractivity contribution in [3.63, 3.8) is 0 Å². The number of nitrogens with two attached hydrogens (primary N) is 1. The maximum Gasteiger partial charge on any atom is 0.322 e. The molecule has 6 rings (SSSR count). The smallest absolute Gasteiger partial charge is 0.322 e. The van der Waals surface area contributed by atoms with E-state index in [1.807, 2.05) is 58.0 Å². The third kappa shape index (κ3) is 7.25. The van der Waals surface area contributed by atoms with Gasteiger partial charge in [0.2, 0.25) is 11.8 Å². The summed E-state index contributed by atoms with van der Waals surface area (Å²) in [6.07, 6.45) is 6.56. The minimum atomic E-state index is -0.464. The number of carbonyl (C=O) groups excluding carboxylic acids is 3. The predicted octanol–water partition coefficient (Wildman–Crippen LogP) is 5.06. The molecule has 2 aromatic rings. The number of rotatable bonds is 7. The molecule has 0 bridgehead atoms. The molecular formula is C35H47ClN6O3. The van der Waals surface area contributed by atoms with E-state index in [2.05, 4.69) is 10.6 Å². The van der Waals surface area contributed by atoms with Crippen LogP contribution in [0.5, 0.6) is 0 Å². The van der Waals surface area contributed by atoms with Crippen LogP contribution < -0.4 is 16.4 Å². The van der Waals surface area contributed by atoms with E-state index in [4.69, 9.17) is 17.3 Å². The van der Waals surface area contributed by atoms with Crippen LogP contribution in [0.15, 0.2) is 36.4 Å². The highest BCUT2D eigenvalue weighted by molar-refractivity contribution is 6.33. The van der Waals surface area contributed by atoms with Gasteiger partial charge in [0.25, 0.3) is 0 Å². The van der Waals surface area contributed by atoms with Crippen molar-refractivity contribution in [2.45, 2.75) is 70.9 Å². The summed E-state index contributed by atoms with van der Waals surface area (Å²) in [5.41, 5.74) is 10.4. The van der Waals surface area contributed by atoms with Crippen molar-refractivity contribution in [1.29, 1.82) is 0 Å². The van der Waals surface area contributed by atoms with Crippen molar-refractivity contribution in [3.8, 4) is 0 Å². The first kappa shape index (κ1) is 31.7. The largest absolute Gasteiger partial charge is 0.397 e. The van der Waals surface area contributed by atoms with Crippen LogP contribution in [0, 0.1) is 24.7 Å². The van der Waals surface area contributed by atoms with Gasteiger partial charge in [-0.15, -0.1) is 0 Å². The quantitative estimate of drug-likeness (QED) is 0.369. The number of fused-ring (bicyclic) bond motifs is 1. The molecule has 1 atom stereocenters. The number of aryl methyl sites for hydroxylation is 1. The Hall–Kier alpha value is -3.30. The highest BCUT2D eigenvalue weighted by Crippen LogP contribution is 2.33. The maximum atomic E-state index is 14.1. The zero-order valence-electron chi connectivity index (χ0n) is 26.4. The van der Waals surface area contributed by atoms with Gasteiger partial charge in [-0.3, -0.25) is 9.59 Å². The molecule has 4 aliphatic rings. The van der Waals surface area contributed by atoms with Gasteiger partial charge < -0.3 is 31.1 Å². The molecule has 45 heavy (non-hydrogen) atoms. The molecule has 9 nitrogen and oxygen atoms in total. The van der Waals surface area contributed by atoms with Crippen molar-refractivity contribution < 1.29 is 14.4 Å². The fourth-order valence-electron chi connectivity index (χ4n) is 7.92. The minimum Gasteiger partial charge on any atom is -0.397 e. The van der Waals surface area contributed by atoms with E-state index in [0.717, 1.165) is 80.2 Å². The van der Waals surface area contributed by atoms with Gasteiger partial charge in [-0.25, -0.2) is 4.79 Å². The van der Waals surface area contributed by atoms with E-state index in [9.17, 15) is 14.4 Å². The number of hydrogen-bond donors (Lipinski definition) is 3. The first-order valence-corrected chi connectivity index (χ1v) is 17.1. The first-order valence-electron chi connectivity index (χ1n) is 16.7. The number of amides is 4. The number of nitrogens with zero attached hydrogens (tertiary/aromatic N) is 3. The van der Waals surface area contributed by atoms with Crippen LogP contribution in [-0.2, 0) is 22.6 Å². The Morgan fingerprint density at radius 3 is 2.33 bits per heavy atom. The van der Waals surface area contributed by atoms with E-state index >= 15 is 0 Å². The highest BCUT2D eigenvalue weighted by atomic mass is 35.5. The lowest BCUT2D eigenvalue weighted by Gasteiger charge is -2.41. The van der Waals surface area contributed by atoms with Gasteiger partial charge in [0.1, 0.15) is 0 Å². The second kappa shape index (κ2) is 14.0. The molecule has 242 valence electrons. The number of hydrogen-bond acceptors (Lipinski definition) is 5. The molecule has 0 saturated carbocycles. The standard InChI is InChI=1S/C35H47ClN6O3/c1-23-18-24(20-30(36)33(23)37)19-28(34(44)41-14-8-26(9-15-41)25-6-12-38-13-7-25)21-32(43)40-16-10-29(11-17-40)42-22-27-4-2-3-5-31(27)39-35(42)45/h2-5,18,20,25-26,28-29,38H,6-17,19,21-22,37H2,1H3,(H,39,45)/t28-/m0/s1. The lowest BCUT2D eigenvalue weighted by atomic mass is 9.79. The number of para-hydroxylation sites is 1. The third-order valence-corrected chi connectivity index (χ3v) is 11.0. The Labute approximate surface area is 271 Å². The second-order valence-corrected chi connectivity index (χ2v) is 13.9. The summed E-state index contributed by atoms with van der Waals surface area (Å²) in [7, 11) is 0. The Morgan fingerprint density at radius 2 is 1.62 bits per heavy atom. The molecule has 0 spiro atoms. The van der Waals surface area contributed by atoms with Crippen LogP contribution in [0.25, 0.3) is 0 Å². The molecule has 4 amide bonds. The van der Waals surface area contributed by atoms with E-state index < -0.39 is 5.92 Å². The number of halogens is 1. The molecular weight excluding hydrogens is 588 g/mol. The Kier molecular flexibility index (Phi) is 9.85. The molecule has 4 aliphatic heterocycles. The summed E-state index contributed by atoms with van der Waals surface area (Å²) in [5, 5.41) is 6.96. The van der Waals surface area contributed by atoms with Crippen molar-refractivity contribution in [1.82, 2.24) is 20.0 Å². The van der Waals surface area contributed by atoms with Crippen LogP contribution in [0.1, 0.15) is 61.6 Å². The van der Waals surface area contributed by atoms with E-state index in [-0.39, 0.29) is 30.3 Å². The summed E-state index contributed by atoms with van der Waals surface area (Å²) in [5.74, 6) is 1.02. The SMILES string of the molecule is Cc1cc(C[C@@H](CC(=O)N2CCC(N3Cc4ccccc4NC3=O)CC2)C(=O)N2CCC(C3CCNCC3)CC2)cc(Cl)c1N. The van der Waals surface area contributed by atoms with Crippen molar-refractivity contribution in [2.24, 2.45) is 17.8 Å². The number of likely N-dealkylation sites (tertiary alicyclic amines) is 2. The summed E-state index contributed by atoms with van der Waals surface area (Å²) in [4.78, 5) is 46.5. The molecule has 4 heterocycles. The van der Waals surface area contributed by atoms with Crippen molar-refractivity contribution >= 4 is 40.8 Å². The number of urea groups is 1. The normalized spacial score (nSPS) is 20.9. The van der Waals surface area contributed by atoms with E-state index in [1.165, 1.54) is 12.8 Å². The van der Waals surface area contributed by atoms with Gasteiger partial charge >= 0.3 is 6.03 Å². The average Bonchev–Trinajstić information content (AvgIpc) is 3.06. The van der Waals surface area contributed by atoms with Gasteiger partial charge in [-0.05, 0) is 106 Å². The summed E-state index contributed by atoms with van der Waals surface area (Å²) in [6.45, 7) is 7.34. The van der Waals surface area contributed by atoms with Crippen LogP contribution >= 0.6 is 11.6 Å². The van der Waals surface area contributed by atoms with Gasteiger partial charge in [-0.2, -0.15) is 0 Å². The third-order valence-electron chi connectivity index (χ3n) is 10.7. The summed E-state index contributed by atoms with van der Waals surface area (Å²) in [6, 6.07) is 11.7. The van der Waals surface area contributed by atoms with E-state index in [1.54, 1.807) is 0 Å². The zero-order chi connectivity index (χ0) is 31.5. The average molecular weight is 635 g/mol. The molecule has 0 radical (unpaired) electrons. The molecule has 4 N–H and O–H groups in total. The molecule has 10 heteroatoms. The van der Waals surface area contributed by atoms with Gasteiger partial charge in [0, 0.05) is 50.9 Å². The monoisotopic (exact) mass is 634 g/mol. The van der Waals surface area contributed by atoms with Gasteiger partial charge in [0.15, 0.2) is 0 Å². The number of piperidine rings is 3. The first-order chi connectivity index (χ1) is 21.8. The van der Waals surface area contributed by atoms with Crippen LogP contribution in [-0.4, -0.2) is 77.9 Å². The minimum absolute atomic E-state index is 0.00287. The lowest BCUT2D eigenvalue weighted by Crippen LogP contribution is -2.51. The number of benzene rings is 2. The van der Waals surface area contributed by atoms with Crippen LogP contribution in [0.2, 0.25) is 5.02 Å². The molecule has 0 aromatic heterocycles. The summed E-state index contributed by atoms with van der Waals surface area (Å²) >= 11 is 6.43. The number of nitrogen functional groups attached to an aromatic ring is 1. The molecule has 3 fully saturated rings. The summed E-state index contributed by atoms with van der Waals surface area (Å²) < 4.78 is 0. The Balaban J connectivity index is 1.09. The Bertz CT molecular complexity index is 1370. The second-order valence-electron chi connectivity index (χ2n) is 13.5. The maximum absolute atomic E-state index is 14.1. The lowest BCUT2D eigenvalue weighted by molar-refractivity contribution is -0.143. The zero-order valence-corrected chi connectivity index (χ0v) is 27.2. The van der Waals surface area contributed by atoms with Crippen molar-refractivity contribution in [3.05, 3.63) is 58.1 Å². The fraction of sp³-hybridized carbons (Fsp3) is 0.571. The fourth-order valence-corrected chi connectivity index (χ4v) is 8.21. The van der Waals surface area contributed by atoms with E-state index in [0.29, 0.717) is 42.7 Å². The van der Waals surface area contributed by atoms with Crippen molar-refractivity contribution in [2.75, 3.05) is 50.3 Å². The molecule has 0 aliphatic carbocycles. The number of anilines is 2.